The first-order chi connectivity index (χ1) is 8.29. The molecular weight excluding hydrogens is 296 g/mol. The van der Waals surface area contributed by atoms with Gasteiger partial charge in [0.15, 0.2) is 0 Å². The molecule has 1 aromatic carbocycles. The number of nitrogens with one attached hydrogen (secondary N) is 1. The van der Waals surface area contributed by atoms with Gasteiger partial charge in [-0.3, -0.25) is 0 Å². The van der Waals surface area contributed by atoms with Crippen molar-refractivity contribution < 1.29 is 0 Å². The Balaban J connectivity index is 2.34. The number of hydrogen-bond acceptors (Lipinski definition) is 2. The minimum absolute atomic E-state index is 0.718. The number of fused-ring (bicyclic) bond motifs is 1. The second-order valence-electron chi connectivity index (χ2n) is 3.64. The Morgan fingerprint density at radius 2 is 2.00 bits per heavy atom. The second kappa shape index (κ2) is 4.02. The third-order valence-electron chi connectivity index (χ3n) is 2.64. The summed E-state index contributed by atoms with van der Waals surface area (Å²) in [6.45, 7) is 0. The van der Waals surface area contributed by atoms with Gasteiger partial charge in [-0.2, -0.15) is 5.26 Å². The molecule has 3 rings (SSSR count). The molecule has 0 saturated carbocycles. The number of aromatic amines is 1. The maximum atomic E-state index is 9.30. The zero-order valence-corrected chi connectivity index (χ0v) is 11.1. The van der Waals surface area contributed by atoms with Crippen molar-refractivity contribution in [1.29, 1.82) is 5.26 Å². The molecule has 3 aromatic rings. The molecule has 0 fully saturated rings. The highest BCUT2D eigenvalue weighted by Gasteiger charge is 2.13. The summed E-state index contributed by atoms with van der Waals surface area (Å²) in [5.74, 6) is 0. The molecule has 2 aromatic heterocycles. The van der Waals surface area contributed by atoms with E-state index in [0.717, 1.165) is 30.8 Å². The second-order valence-corrected chi connectivity index (χ2v) is 6.10. The van der Waals surface area contributed by atoms with E-state index in [9.17, 15) is 5.26 Å². The lowest BCUT2D eigenvalue weighted by atomic mass is 10.1. The van der Waals surface area contributed by atoms with Crippen LogP contribution in [-0.2, 0) is 0 Å². The van der Waals surface area contributed by atoms with Gasteiger partial charge < -0.3 is 4.98 Å². The van der Waals surface area contributed by atoms with Crippen molar-refractivity contribution in [2.45, 2.75) is 0 Å². The molecule has 82 valence electrons. The topological polar surface area (TPSA) is 39.6 Å². The van der Waals surface area contributed by atoms with Crippen molar-refractivity contribution >= 4 is 38.2 Å². The van der Waals surface area contributed by atoms with E-state index in [1.165, 1.54) is 0 Å². The number of para-hydroxylation sites is 1. The number of thiophene rings is 1. The van der Waals surface area contributed by atoms with Gasteiger partial charge >= 0.3 is 0 Å². The van der Waals surface area contributed by atoms with Crippen molar-refractivity contribution in [2.75, 3.05) is 0 Å². The van der Waals surface area contributed by atoms with Gasteiger partial charge in [-0.15, -0.1) is 11.3 Å². The van der Waals surface area contributed by atoms with Crippen molar-refractivity contribution in [1.82, 2.24) is 4.98 Å². The molecule has 2 nitrogen and oxygen atoms in total. The Labute approximate surface area is 111 Å². The van der Waals surface area contributed by atoms with Crippen LogP contribution in [0.25, 0.3) is 21.5 Å². The van der Waals surface area contributed by atoms with Gasteiger partial charge in [-0.05, 0) is 34.1 Å². The summed E-state index contributed by atoms with van der Waals surface area (Å²) < 4.78 is 1.06. The van der Waals surface area contributed by atoms with Gasteiger partial charge in [0, 0.05) is 10.9 Å². The molecule has 0 amide bonds. The van der Waals surface area contributed by atoms with Gasteiger partial charge in [-0.25, -0.2) is 0 Å². The molecule has 2 heterocycles. The first-order valence-corrected chi connectivity index (χ1v) is 6.67. The third kappa shape index (κ3) is 1.68. The van der Waals surface area contributed by atoms with Crippen LogP contribution < -0.4 is 0 Å². The van der Waals surface area contributed by atoms with Crippen molar-refractivity contribution in [3.8, 4) is 16.6 Å². The van der Waals surface area contributed by atoms with E-state index in [2.05, 4.69) is 27.0 Å². The van der Waals surface area contributed by atoms with Gasteiger partial charge in [0.1, 0.15) is 6.07 Å². The Morgan fingerprint density at radius 1 is 1.18 bits per heavy atom. The van der Waals surface area contributed by atoms with Crippen LogP contribution >= 0.6 is 27.3 Å². The molecule has 17 heavy (non-hydrogen) atoms. The van der Waals surface area contributed by atoms with E-state index < -0.39 is 0 Å². The molecule has 0 aliphatic carbocycles. The molecule has 0 aliphatic heterocycles. The van der Waals surface area contributed by atoms with Gasteiger partial charge in [0.2, 0.25) is 0 Å². The van der Waals surface area contributed by atoms with Gasteiger partial charge in [-0.1, -0.05) is 18.2 Å². The van der Waals surface area contributed by atoms with Crippen LogP contribution in [0.5, 0.6) is 0 Å². The van der Waals surface area contributed by atoms with E-state index in [4.69, 9.17) is 0 Å². The van der Waals surface area contributed by atoms with Crippen molar-refractivity contribution in [2.24, 2.45) is 0 Å². The van der Waals surface area contributed by atoms with Crippen LogP contribution in [0.2, 0.25) is 0 Å². The van der Waals surface area contributed by atoms with Crippen LogP contribution in [0.1, 0.15) is 5.56 Å². The van der Waals surface area contributed by atoms with Crippen molar-refractivity contribution in [3.63, 3.8) is 0 Å². The van der Waals surface area contributed by atoms with Gasteiger partial charge in [0.05, 0.1) is 19.9 Å². The smallest absolute Gasteiger partial charge is 0.102 e. The van der Waals surface area contributed by atoms with Crippen LogP contribution in [0.4, 0.5) is 0 Å². The standard InChI is InChI=1S/C13H7BrN2S/c14-12-6-5-11(17-12)13-9(7-15)8-3-1-2-4-10(8)16-13/h1-6,16H. The monoisotopic (exact) mass is 302 g/mol. The fourth-order valence-corrected chi connectivity index (χ4v) is 3.28. The van der Waals surface area contributed by atoms with E-state index in [1.54, 1.807) is 11.3 Å². The summed E-state index contributed by atoms with van der Waals surface area (Å²) in [5, 5.41) is 10.3. The highest BCUT2D eigenvalue weighted by atomic mass is 79.9. The fraction of sp³-hybridized carbons (Fsp3) is 0. The minimum atomic E-state index is 0.718. The molecular formula is C13H7BrN2S. The largest absolute Gasteiger partial charge is 0.353 e. The lowest BCUT2D eigenvalue weighted by molar-refractivity contribution is 1.45. The maximum Gasteiger partial charge on any atom is 0.102 e. The number of rotatable bonds is 1. The summed E-state index contributed by atoms with van der Waals surface area (Å²) >= 11 is 5.06. The van der Waals surface area contributed by atoms with E-state index in [0.29, 0.717) is 0 Å². The highest BCUT2D eigenvalue weighted by molar-refractivity contribution is 9.11. The molecule has 4 heteroatoms. The average molecular weight is 303 g/mol. The first-order valence-electron chi connectivity index (χ1n) is 5.06. The Morgan fingerprint density at radius 3 is 2.71 bits per heavy atom. The molecule has 0 unspecified atom stereocenters. The summed E-state index contributed by atoms with van der Waals surface area (Å²) in [5.41, 5.74) is 2.63. The summed E-state index contributed by atoms with van der Waals surface area (Å²) in [7, 11) is 0. The molecule has 0 radical (unpaired) electrons. The summed E-state index contributed by atoms with van der Waals surface area (Å²) in [6, 6.07) is 14.2. The normalized spacial score (nSPS) is 10.6. The van der Waals surface area contributed by atoms with Crippen LogP contribution in [-0.4, -0.2) is 4.98 Å². The zero-order valence-electron chi connectivity index (χ0n) is 8.70. The molecule has 0 saturated heterocycles. The molecule has 1 N–H and O–H groups in total. The van der Waals surface area contributed by atoms with E-state index in [-0.39, 0.29) is 0 Å². The zero-order chi connectivity index (χ0) is 11.8. The molecule has 0 bridgehead atoms. The first kappa shape index (κ1) is 10.6. The Bertz CT molecular complexity index is 733. The third-order valence-corrected chi connectivity index (χ3v) is 4.28. The quantitative estimate of drug-likeness (QED) is 0.705. The number of H-pyrrole nitrogens is 1. The number of aromatic nitrogens is 1. The van der Waals surface area contributed by atoms with E-state index in [1.807, 2.05) is 36.4 Å². The molecule has 0 aliphatic rings. The summed E-state index contributed by atoms with van der Waals surface area (Å²) in [6.07, 6.45) is 0. The lowest BCUT2D eigenvalue weighted by Crippen LogP contribution is -1.75. The van der Waals surface area contributed by atoms with Crippen molar-refractivity contribution in [3.05, 3.63) is 45.7 Å². The predicted molar refractivity (Wildman–Crippen MR) is 74.0 cm³/mol. The Hall–Kier alpha value is -1.57. The number of halogens is 1. The lowest BCUT2D eigenvalue weighted by Gasteiger charge is -1.92. The Kier molecular flexibility index (Phi) is 2.50. The highest BCUT2D eigenvalue weighted by Crippen LogP contribution is 2.35. The molecule has 0 atom stereocenters. The average Bonchev–Trinajstić information content (AvgIpc) is 2.91. The van der Waals surface area contributed by atoms with Crippen LogP contribution in [0, 0.1) is 11.3 Å². The van der Waals surface area contributed by atoms with Gasteiger partial charge in [0.25, 0.3) is 0 Å². The number of nitriles is 1. The number of benzene rings is 1. The number of hydrogen-bond donors (Lipinski definition) is 1. The minimum Gasteiger partial charge on any atom is -0.353 e. The molecule has 0 spiro atoms. The van der Waals surface area contributed by atoms with E-state index >= 15 is 0 Å². The maximum absolute atomic E-state index is 9.30. The SMILES string of the molecule is N#Cc1c(-c2ccc(Br)s2)[nH]c2ccccc12. The predicted octanol–water partition coefficient (Wildman–Crippen LogP) is 4.53. The fourth-order valence-electron chi connectivity index (χ4n) is 1.89. The van der Waals surface area contributed by atoms with Crippen LogP contribution in [0.3, 0.4) is 0 Å². The summed E-state index contributed by atoms with van der Waals surface area (Å²) in [4.78, 5) is 4.39. The number of nitrogens with zero attached hydrogens (tertiary/aromatic N) is 1. The van der Waals surface area contributed by atoms with Crippen LogP contribution in [0.15, 0.2) is 40.2 Å².